The van der Waals surface area contributed by atoms with E-state index in [1.54, 1.807) is 36.4 Å². The van der Waals surface area contributed by atoms with E-state index in [0.29, 0.717) is 22.8 Å². The lowest BCUT2D eigenvalue weighted by molar-refractivity contribution is 0.0374. The van der Waals surface area contributed by atoms with Gasteiger partial charge in [0.1, 0.15) is 5.82 Å². The third-order valence-electron chi connectivity index (χ3n) is 4.43. The number of hydrogen-bond acceptors (Lipinski definition) is 5. The van der Waals surface area contributed by atoms with Crippen LogP contribution >= 0.6 is 11.6 Å². The van der Waals surface area contributed by atoms with E-state index in [4.69, 9.17) is 16.3 Å². The second-order valence-corrected chi connectivity index (χ2v) is 6.99. The van der Waals surface area contributed by atoms with Gasteiger partial charge in [0.15, 0.2) is 0 Å². The van der Waals surface area contributed by atoms with E-state index in [-0.39, 0.29) is 11.7 Å². The van der Waals surface area contributed by atoms with Gasteiger partial charge < -0.3 is 15.4 Å². The van der Waals surface area contributed by atoms with Crippen LogP contribution in [0.2, 0.25) is 5.02 Å². The summed E-state index contributed by atoms with van der Waals surface area (Å²) < 4.78 is 5.33. The number of urea groups is 1. The molecular weight excluding hydrogens is 394 g/mol. The van der Waals surface area contributed by atoms with Crippen molar-refractivity contribution in [2.24, 2.45) is 0 Å². The number of carbonyl (C=O) groups excluding carboxylic acids is 2. The van der Waals surface area contributed by atoms with Crippen LogP contribution in [0.25, 0.3) is 0 Å². The van der Waals surface area contributed by atoms with Crippen LogP contribution < -0.4 is 16.0 Å². The molecule has 0 aliphatic carbocycles. The van der Waals surface area contributed by atoms with Crippen molar-refractivity contribution in [2.45, 2.75) is 6.42 Å². The van der Waals surface area contributed by atoms with Crippen LogP contribution in [-0.4, -0.2) is 61.2 Å². The minimum Gasteiger partial charge on any atom is -0.379 e. The van der Waals surface area contributed by atoms with Gasteiger partial charge in [-0.3, -0.25) is 15.0 Å². The molecule has 0 saturated carbocycles. The topological polar surface area (TPSA) is 95.6 Å². The summed E-state index contributed by atoms with van der Waals surface area (Å²) in [6, 6.07) is 9.51. The first-order valence-electron chi connectivity index (χ1n) is 9.49. The Labute approximate surface area is 174 Å². The summed E-state index contributed by atoms with van der Waals surface area (Å²) in [7, 11) is 0. The predicted octanol–water partition coefficient (Wildman–Crippen LogP) is 2.83. The first-order chi connectivity index (χ1) is 14.1. The highest BCUT2D eigenvalue weighted by Crippen LogP contribution is 2.15. The summed E-state index contributed by atoms with van der Waals surface area (Å²) in [5, 5.41) is 8.76. The molecule has 1 aliphatic rings. The van der Waals surface area contributed by atoms with Gasteiger partial charge in [-0.25, -0.2) is 9.78 Å². The molecule has 3 N–H and O–H groups in total. The molecule has 0 bridgehead atoms. The molecule has 1 aromatic heterocycles. The molecular formula is C20H24ClN5O3. The number of benzene rings is 1. The van der Waals surface area contributed by atoms with E-state index in [2.05, 4.69) is 25.8 Å². The number of carbonyl (C=O) groups is 2. The number of ether oxygens (including phenoxy) is 1. The number of halogens is 1. The molecule has 1 aliphatic heterocycles. The van der Waals surface area contributed by atoms with Crippen LogP contribution in [0, 0.1) is 0 Å². The van der Waals surface area contributed by atoms with Crippen molar-refractivity contribution >= 4 is 35.0 Å². The first kappa shape index (κ1) is 21.0. The van der Waals surface area contributed by atoms with Crippen LogP contribution in [0.1, 0.15) is 16.8 Å². The maximum atomic E-state index is 12.5. The van der Waals surface area contributed by atoms with Crippen molar-refractivity contribution in [3.63, 3.8) is 0 Å². The van der Waals surface area contributed by atoms with E-state index >= 15 is 0 Å². The molecule has 2 aromatic rings. The Morgan fingerprint density at radius 2 is 1.86 bits per heavy atom. The zero-order chi connectivity index (χ0) is 20.5. The van der Waals surface area contributed by atoms with Gasteiger partial charge in [-0.15, -0.1) is 0 Å². The fourth-order valence-electron chi connectivity index (χ4n) is 2.92. The average Bonchev–Trinajstić information content (AvgIpc) is 2.74. The van der Waals surface area contributed by atoms with E-state index in [1.807, 2.05) is 0 Å². The average molecular weight is 418 g/mol. The maximum Gasteiger partial charge on any atom is 0.324 e. The summed E-state index contributed by atoms with van der Waals surface area (Å²) in [4.78, 5) is 31.2. The molecule has 0 atom stereocenters. The molecule has 1 saturated heterocycles. The van der Waals surface area contributed by atoms with E-state index < -0.39 is 6.03 Å². The highest BCUT2D eigenvalue weighted by molar-refractivity contribution is 6.30. The minimum absolute atomic E-state index is 0.199. The smallest absolute Gasteiger partial charge is 0.324 e. The van der Waals surface area contributed by atoms with Crippen LogP contribution in [0.3, 0.4) is 0 Å². The van der Waals surface area contributed by atoms with Gasteiger partial charge in [0.25, 0.3) is 5.91 Å². The molecule has 0 spiro atoms. The van der Waals surface area contributed by atoms with Gasteiger partial charge in [-0.05, 0) is 49.4 Å². The molecule has 1 aromatic carbocycles. The van der Waals surface area contributed by atoms with Gasteiger partial charge in [0.05, 0.1) is 18.8 Å². The molecule has 0 unspecified atom stereocenters. The van der Waals surface area contributed by atoms with Crippen molar-refractivity contribution in [2.75, 3.05) is 50.0 Å². The van der Waals surface area contributed by atoms with Gasteiger partial charge in [-0.1, -0.05) is 11.6 Å². The third-order valence-corrected chi connectivity index (χ3v) is 4.68. The zero-order valence-electron chi connectivity index (χ0n) is 16.0. The number of nitrogens with one attached hydrogen (secondary N) is 3. The quantitative estimate of drug-likeness (QED) is 0.602. The predicted molar refractivity (Wildman–Crippen MR) is 113 cm³/mol. The highest BCUT2D eigenvalue weighted by atomic mass is 35.5. The van der Waals surface area contributed by atoms with Crippen LogP contribution in [0.5, 0.6) is 0 Å². The standard InChI is InChI=1S/C20H24ClN5O3/c21-15-4-6-16(7-5-15)24-20(28)25-18-17(3-1-8-22-18)19(27)23-9-2-10-26-11-13-29-14-12-26/h1,3-8H,2,9-14H2,(H,23,27)(H2,22,24,25,28). The van der Waals surface area contributed by atoms with Crippen molar-refractivity contribution in [3.8, 4) is 0 Å². The summed E-state index contributed by atoms with van der Waals surface area (Å²) in [6.07, 6.45) is 2.36. The summed E-state index contributed by atoms with van der Waals surface area (Å²) in [5.74, 6) is -0.0773. The van der Waals surface area contributed by atoms with Crippen molar-refractivity contribution in [3.05, 3.63) is 53.2 Å². The fourth-order valence-corrected chi connectivity index (χ4v) is 3.04. The van der Waals surface area contributed by atoms with Crippen LogP contribution in [0.4, 0.5) is 16.3 Å². The Balaban J connectivity index is 1.50. The van der Waals surface area contributed by atoms with Crippen molar-refractivity contribution in [1.29, 1.82) is 0 Å². The fraction of sp³-hybridized carbons (Fsp3) is 0.350. The van der Waals surface area contributed by atoms with Crippen LogP contribution in [-0.2, 0) is 4.74 Å². The van der Waals surface area contributed by atoms with E-state index in [1.165, 1.54) is 6.20 Å². The molecule has 2 heterocycles. The number of anilines is 2. The lowest BCUT2D eigenvalue weighted by atomic mass is 10.2. The van der Waals surface area contributed by atoms with Gasteiger partial charge in [-0.2, -0.15) is 0 Å². The summed E-state index contributed by atoms with van der Waals surface area (Å²) in [6.45, 7) is 4.82. The number of nitrogens with zero attached hydrogens (tertiary/aromatic N) is 2. The maximum absolute atomic E-state index is 12.5. The molecule has 29 heavy (non-hydrogen) atoms. The third kappa shape index (κ3) is 6.70. The number of pyridine rings is 1. The molecule has 0 radical (unpaired) electrons. The molecule has 154 valence electrons. The Kier molecular flexibility index (Phi) is 7.80. The largest absolute Gasteiger partial charge is 0.379 e. The molecule has 3 rings (SSSR count). The van der Waals surface area contributed by atoms with Gasteiger partial charge in [0, 0.05) is 36.5 Å². The molecule has 3 amide bonds. The van der Waals surface area contributed by atoms with Gasteiger partial charge in [0.2, 0.25) is 0 Å². The Hall–Kier alpha value is -2.68. The summed E-state index contributed by atoms with van der Waals surface area (Å²) in [5.41, 5.74) is 0.891. The number of hydrogen-bond donors (Lipinski definition) is 3. The van der Waals surface area contributed by atoms with Crippen molar-refractivity contribution in [1.82, 2.24) is 15.2 Å². The first-order valence-corrected chi connectivity index (χ1v) is 9.86. The molecule has 8 nitrogen and oxygen atoms in total. The Morgan fingerprint density at radius 3 is 2.62 bits per heavy atom. The molecule has 1 fully saturated rings. The number of morpholine rings is 1. The second kappa shape index (κ2) is 10.8. The second-order valence-electron chi connectivity index (χ2n) is 6.55. The number of rotatable bonds is 7. The van der Waals surface area contributed by atoms with Crippen molar-refractivity contribution < 1.29 is 14.3 Å². The lowest BCUT2D eigenvalue weighted by Crippen LogP contribution is -2.38. The Morgan fingerprint density at radius 1 is 1.10 bits per heavy atom. The lowest BCUT2D eigenvalue weighted by Gasteiger charge is -2.26. The van der Waals surface area contributed by atoms with E-state index in [0.717, 1.165) is 39.3 Å². The Bertz CT molecular complexity index is 825. The zero-order valence-corrected chi connectivity index (χ0v) is 16.7. The van der Waals surface area contributed by atoms with Gasteiger partial charge >= 0.3 is 6.03 Å². The summed E-state index contributed by atoms with van der Waals surface area (Å²) >= 11 is 5.84. The minimum atomic E-state index is -0.493. The normalized spacial score (nSPS) is 14.2. The number of aromatic nitrogens is 1. The molecule has 9 heteroatoms. The number of amides is 3. The SMILES string of the molecule is O=C(Nc1ccc(Cl)cc1)Nc1ncccc1C(=O)NCCCN1CCOCC1. The monoisotopic (exact) mass is 417 g/mol. The highest BCUT2D eigenvalue weighted by Gasteiger charge is 2.15. The van der Waals surface area contributed by atoms with E-state index in [9.17, 15) is 9.59 Å². The van der Waals surface area contributed by atoms with Crippen LogP contribution in [0.15, 0.2) is 42.6 Å².